The lowest BCUT2D eigenvalue weighted by molar-refractivity contribution is -0.497. The highest BCUT2D eigenvalue weighted by Crippen LogP contribution is 2.22. The summed E-state index contributed by atoms with van der Waals surface area (Å²) in [7, 11) is 2.19. The summed E-state index contributed by atoms with van der Waals surface area (Å²) in [5.41, 5.74) is 4.26. The highest BCUT2D eigenvalue weighted by molar-refractivity contribution is 7.12. The lowest BCUT2D eigenvalue weighted by Gasteiger charge is -2.15. The van der Waals surface area contributed by atoms with Crippen LogP contribution in [0.3, 0.4) is 0 Å². The number of benzene rings is 1. The average molecular weight is 355 g/mol. The number of hydrogen-bond acceptors (Lipinski definition) is 1. The summed E-state index contributed by atoms with van der Waals surface area (Å²) >= 11 is 1.82. The Kier molecular flexibility index (Phi) is 3.99. The van der Waals surface area contributed by atoms with Gasteiger partial charge in [-0.1, -0.05) is 24.3 Å². The van der Waals surface area contributed by atoms with Gasteiger partial charge in [0.2, 0.25) is 5.71 Å². The molecule has 2 aromatic rings. The van der Waals surface area contributed by atoms with Gasteiger partial charge in [0.05, 0.1) is 10.4 Å². The minimum Gasteiger partial charge on any atom is -1.00 e. The predicted octanol–water partition coefficient (Wildman–Crippen LogP) is -0.212. The Bertz CT molecular complexity index is 543. The molecule has 1 nitrogen and oxygen atoms in total. The van der Waals surface area contributed by atoms with Crippen molar-refractivity contribution < 1.29 is 28.6 Å². The molecule has 1 aromatic carbocycles. The molecule has 0 saturated heterocycles. The average Bonchev–Trinajstić information content (AvgIpc) is 2.82. The van der Waals surface area contributed by atoms with E-state index in [0.29, 0.717) is 0 Å². The molecule has 0 unspecified atom stereocenters. The Morgan fingerprint density at radius 3 is 2.71 bits per heavy atom. The first-order valence-electron chi connectivity index (χ1n) is 5.56. The molecule has 0 radical (unpaired) electrons. The number of halogens is 1. The topological polar surface area (TPSA) is 3.01 Å². The Morgan fingerprint density at radius 1 is 1.12 bits per heavy atom. The van der Waals surface area contributed by atoms with E-state index in [1.807, 2.05) is 11.3 Å². The summed E-state index contributed by atoms with van der Waals surface area (Å²) in [5, 5.41) is 2.15. The second-order valence-corrected chi connectivity index (χ2v) is 5.10. The van der Waals surface area contributed by atoms with Crippen molar-refractivity contribution in [1.29, 1.82) is 0 Å². The Balaban J connectivity index is 0.00000108. The molecule has 3 heteroatoms. The van der Waals surface area contributed by atoms with Crippen molar-refractivity contribution in [3.05, 3.63) is 57.8 Å². The molecule has 1 aliphatic rings. The van der Waals surface area contributed by atoms with Gasteiger partial charge in [0.25, 0.3) is 0 Å². The summed E-state index contributed by atoms with van der Waals surface area (Å²) in [5.74, 6) is 0. The van der Waals surface area contributed by atoms with E-state index in [1.54, 1.807) is 0 Å². The summed E-state index contributed by atoms with van der Waals surface area (Å²) in [6.07, 6.45) is 1.15. The number of fused-ring (bicyclic) bond motifs is 1. The first-order chi connectivity index (χ1) is 7.86. The van der Waals surface area contributed by atoms with E-state index < -0.39 is 0 Å². The van der Waals surface area contributed by atoms with Gasteiger partial charge in [0.1, 0.15) is 13.6 Å². The molecule has 0 N–H and O–H groups in total. The number of nitrogens with zero attached hydrogens (tertiary/aromatic N) is 1. The smallest absolute Gasteiger partial charge is 0.224 e. The minimum absolute atomic E-state index is 0. The summed E-state index contributed by atoms with van der Waals surface area (Å²) in [4.78, 5) is 1.37. The van der Waals surface area contributed by atoms with Crippen molar-refractivity contribution in [3.63, 3.8) is 0 Å². The zero-order valence-electron chi connectivity index (χ0n) is 9.69. The zero-order valence-corrected chi connectivity index (χ0v) is 12.7. The Hall–Kier alpha value is -0.680. The lowest BCUT2D eigenvalue weighted by atomic mass is 9.96. The SMILES string of the molecule is C[N+]1=C(c2cccs2)c2ccccc2CC1.[I-]. The van der Waals surface area contributed by atoms with Gasteiger partial charge in [-0.05, 0) is 23.1 Å². The fourth-order valence-electron chi connectivity index (χ4n) is 2.31. The van der Waals surface area contributed by atoms with Crippen LogP contribution < -0.4 is 24.0 Å². The molecule has 3 rings (SSSR count). The van der Waals surface area contributed by atoms with Crippen LogP contribution >= 0.6 is 11.3 Å². The van der Waals surface area contributed by atoms with E-state index in [9.17, 15) is 0 Å². The molecule has 1 aliphatic heterocycles. The minimum atomic E-state index is 0. The van der Waals surface area contributed by atoms with Crippen LogP contribution in [-0.4, -0.2) is 23.9 Å². The van der Waals surface area contributed by atoms with Crippen molar-refractivity contribution in [2.75, 3.05) is 13.6 Å². The van der Waals surface area contributed by atoms with Crippen LogP contribution in [0.2, 0.25) is 0 Å². The van der Waals surface area contributed by atoms with Gasteiger partial charge < -0.3 is 24.0 Å². The predicted molar refractivity (Wildman–Crippen MR) is 68.7 cm³/mol. The largest absolute Gasteiger partial charge is 1.00 e. The molecular weight excluding hydrogens is 341 g/mol. The molecule has 0 fully saturated rings. The molecule has 0 bridgehead atoms. The van der Waals surface area contributed by atoms with E-state index in [-0.39, 0.29) is 24.0 Å². The van der Waals surface area contributed by atoms with Crippen molar-refractivity contribution >= 4 is 17.0 Å². The second-order valence-electron chi connectivity index (χ2n) is 4.15. The number of likely N-dealkylation sites (N-methyl/N-ethyl adjacent to an activating group) is 1. The zero-order chi connectivity index (χ0) is 11.0. The van der Waals surface area contributed by atoms with E-state index in [0.717, 1.165) is 13.0 Å². The molecule has 17 heavy (non-hydrogen) atoms. The molecular formula is C14H14INS. The summed E-state index contributed by atoms with van der Waals surface area (Å²) in [6, 6.07) is 13.1. The van der Waals surface area contributed by atoms with Crippen molar-refractivity contribution in [3.8, 4) is 0 Å². The standard InChI is InChI=1S/C14H14NS.HI/c1-15-9-8-11-5-2-3-6-12(11)14(15)13-7-4-10-16-13;/h2-7,10H,8-9H2,1H3;1H/q+1;/p-1. The van der Waals surface area contributed by atoms with E-state index in [1.165, 1.54) is 21.7 Å². The third-order valence-electron chi connectivity index (χ3n) is 3.13. The molecule has 88 valence electrons. The van der Waals surface area contributed by atoms with Crippen LogP contribution in [0.25, 0.3) is 0 Å². The lowest BCUT2D eigenvalue weighted by Crippen LogP contribution is -3.00. The number of rotatable bonds is 1. The summed E-state index contributed by atoms with van der Waals surface area (Å²) in [6.45, 7) is 1.12. The first-order valence-corrected chi connectivity index (χ1v) is 6.44. The monoisotopic (exact) mass is 355 g/mol. The first kappa shape index (κ1) is 12.8. The van der Waals surface area contributed by atoms with Gasteiger partial charge in [-0.25, -0.2) is 4.58 Å². The van der Waals surface area contributed by atoms with Gasteiger partial charge in [-0.3, -0.25) is 0 Å². The molecule has 1 aromatic heterocycles. The fourth-order valence-corrected chi connectivity index (χ4v) is 3.15. The van der Waals surface area contributed by atoms with Crippen molar-refractivity contribution in [1.82, 2.24) is 0 Å². The van der Waals surface area contributed by atoms with Gasteiger partial charge in [-0.15, -0.1) is 11.3 Å². The number of thiophene rings is 1. The second kappa shape index (κ2) is 5.31. The third kappa shape index (κ3) is 2.31. The Labute approximate surface area is 123 Å². The molecule has 0 saturated carbocycles. The molecule has 0 amide bonds. The van der Waals surface area contributed by atoms with E-state index in [2.05, 4.69) is 53.4 Å². The fraction of sp³-hybridized carbons (Fsp3) is 0.214. The van der Waals surface area contributed by atoms with Crippen molar-refractivity contribution in [2.24, 2.45) is 0 Å². The van der Waals surface area contributed by atoms with E-state index in [4.69, 9.17) is 0 Å². The summed E-state index contributed by atoms with van der Waals surface area (Å²) < 4.78 is 2.37. The highest BCUT2D eigenvalue weighted by Gasteiger charge is 2.24. The van der Waals surface area contributed by atoms with Gasteiger partial charge in [-0.2, -0.15) is 0 Å². The van der Waals surface area contributed by atoms with Crippen LogP contribution in [0, 0.1) is 0 Å². The van der Waals surface area contributed by atoms with Gasteiger partial charge in [0.15, 0.2) is 0 Å². The maximum atomic E-state index is 2.37. The Morgan fingerprint density at radius 2 is 1.94 bits per heavy atom. The maximum Gasteiger partial charge on any atom is 0.224 e. The normalized spacial score (nSPS) is 14.2. The van der Waals surface area contributed by atoms with Crippen LogP contribution in [0.5, 0.6) is 0 Å². The quantitative estimate of drug-likeness (QED) is 0.492. The van der Waals surface area contributed by atoms with Crippen molar-refractivity contribution in [2.45, 2.75) is 6.42 Å². The third-order valence-corrected chi connectivity index (χ3v) is 4.00. The van der Waals surface area contributed by atoms with E-state index >= 15 is 0 Å². The molecule has 0 atom stereocenters. The molecule has 0 aliphatic carbocycles. The van der Waals surface area contributed by atoms with Crippen LogP contribution in [0.15, 0.2) is 41.8 Å². The van der Waals surface area contributed by atoms with Gasteiger partial charge >= 0.3 is 0 Å². The molecule has 2 heterocycles. The van der Waals surface area contributed by atoms with Crippen LogP contribution in [-0.2, 0) is 6.42 Å². The van der Waals surface area contributed by atoms with Crippen LogP contribution in [0.4, 0.5) is 0 Å². The maximum absolute atomic E-state index is 2.37. The number of hydrogen-bond donors (Lipinski definition) is 0. The highest BCUT2D eigenvalue weighted by atomic mass is 127. The van der Waals surface area contributed by atoms with Crippen LogP contribution in [0.1, 0.15) is 16.0 Å². The molecule has 0 spiro atoms. The van der Waals surface area contributed by atoms with Gasteiger partial charge in [0, 0.05) is 6.42 Å².